The van der Waals surface area contributed by atoms with E-state index in [4.69, 9.17) is 9.47 Å². The van der Waals surface area contributed by atoms with Crippen LogP contribution in [-0.4, -0.2) is 52.2 Å². The Morgan fingerprint density at radius 1 is 1.13 bits per heavy atom. The minimum atomic E-state index is -3.43. The number of ether oxygens (including phenoxy) is 2. The van der Waals surface area contributed by atoms with Gasteiger partial charge in [-0.3, -0.25) is 4.98 Å². The second kappa shape index (κ2) is 8.11. The molecule has 0 saturated heterocycles. The molecule has 0 amide bonds. The van der Waals surface area contributed by atoms with Gasteiger partial charge >= 0.3 is 5.97 Å². The number of aromatic nitrogens is 5. The summed E-state index contributed by atoms with van der Waals surface area (Å²) in [5, 5.41) is -0.0492. The van der Waals surface area contributed by atoms with Gasteiger partial charge in [0, 0.05) is 18.5 Å². The fourth-order valence-electron chi connectivity index (χ4n) is 2.82. The first kappa shape index (κ1) is 20.4. The van der Waals surface area contributed by atoms with Gasteiger partial charge in [0.2, 0.25) is 0 Å². The van der Waals surface area contributed by atoms with E-state index in [0.717, 1.165) is 0 Å². The third-order valence-corrected chi connectivity index (χ3v) is 6.07. The lowest BCUT2D eigenvalue weighted by molar-refractivity contribution is 0.0598. The standard InChI is InChI=1S/C20H17N5O5S/c1-3-31(27,28)18-5-4-12(10-23-18)30-17-9-15-14(8-13(17)20(26)29-2)24-19(25-15)16-11-21-6-7-22-16/h4-11H,3H2,1-2H3,(H,24,25). The average Bonchev–Trinajstić information content (AvgIpc) is 3.22. The van der Waals surface area contributed by atoms with Crippen molar-refractivity contribution in [3.05, 3.63) is 54.6 Å². The van der Waals surface area contributed by atoms with Gasteiger partial charge in [0.1, 0.15) is 22.8 Å². The maximum atomic E-state index is 12.3. The summed E-state index contributed by atoms with van der Waals surface area (Å²) < 4.78 is 34.5. The van der Waals surface area contributed by atoms with E-state index in [-0.39, 0.29) is 27.8 Å². The zero-order chi connectivity index (χ0) is 22.0. The Labute approximate surface area is 177 Å². The first-order valence-electron chi connectivity index (χ1n) is 9.16. The summed E-state index contributed by atoms with van der Waals surface area (Å²) in [6.07, 6.45) is 5.95. The maximum Gasteiger partial charge on any atom is 0.341 e. The molecule has 0 fully saturated rings. The fourth-order valence-corrected chi connectivity index (χ4v) is 3.60. The molecule has 0 aliphatic heterocycles. The van der Waals surface area contributed by atoms with Crippen LogP contribution in [0.15, 0.2) is 54.1 Å². The van der Waals surface area contributed by atoms with Crippen molar-refractivity contribution in [3.63, 3.8) is 0 Å². The van der Waals surface area contributed by atoms with Crippen LogP contribution in [0.2, 0.25) is 0 Å². The molecule has 0 spiro atoms. The predicted molar refractivity (Wildman–Crippen MR) is 110 cm³/mol. The molecule has 11 heteroatoms. The first-order chi connectivity index (χ1) is 14.9. The number of carbonyl (C=O) groups excluding carboxylic acids is 1. The second-order valence-electron chi connectivity index (χ2n) is 6.37. The van der Waals surface area contributed by atoms with Gasteiger partial charge in [0.25, 0.3) is 0 Å². The van der Waals surface area contributed by atoms with E-state index in [1.165, 1.54) is 25.4 Å². The van der Waals surface area contributed by atoms with Crippen molar-refractivity contribution in [2.75, 3.05) is 12.9 Å². The normalized spacial score (nSPS) is 11.4. The van der Waals surface area contributed by atoms with Crippen LogP contribution in [0.3, 0.4) is 0 Å². The van der Waals surface area contributed by atoms with Gasteiger partial charge in [-0.15, -0.1) is 0 Å². The Kier molecular flexibility index (Phi) is 5.34. The summed E-state index contributed by atoms with van der Waals surface area (Å²) in [5.41, 5.74) is 1.81. The minimum Gasteiger partial charge on any atom is -0.465 e. The van der Waals surface area contributed by atoms with Crippen molar-refractivity contribution in [1.29, 1.82) is 0 Å². The largest absolute Gasteiger partial charge is 0.465 e. The lowest BCUT2D eigenvalue weighted by atomic mass is 10.1. The summed E-state index contributed by atoms with van der Waals surface area (Å²) in [4.78, 5) is 32.1. The van der Waals surface area contributed by atoms with Crippen molar-refractivity contribution in [2.24, 2.45) is 0 Å². The van der Waals surface area contributed by atoms with Crippen LogP contribution in [0.25, 0.3) is 22.6 Å². The van der Waals surface area contributed by atoms with Crippen molar-refractivity contribution in [2.45, 2.75) is 11.9 Å². The number of rotatable bonds is 6. The smallest absolute Gasteiger partial charge is 0.341 e. The van der Waals surface area contributed by atoms with E-state index >= 15 is 0 Å². The molecule has 1 aromatic carbocycles. The number of imidazole rings is 1. The molecule has 0 unspecified atom stereocenters. The summed E-state index contributed by atoms with van der Waals surface area (Å²) in [7, 11) is -2.17. The van der Waals surface area contributed by atoms with Gasteiger partial charge < -0.3 is 14.5 Å². The highest BCUT2D eigenvalue weighted by Gasteiger charge is 2.19. The molecule has 0 aliphatic rings. The third kappa shape index (κ3) is 4.08. The van der Waals surface area contributed by atoms with Crippen LogP contribution in [0.4, 0.5) is 0 Å². The number of hydrogen-bond acceptors (Lipinski definition) is 9. The fraction of sp³-hybridized carbons (Fsp3) is 0.150. The van der Waals surface area contributed by atoms with E-state index in [1.807, 2.05) is 0 Å². The van der Waals surface area contributed by atoms with Crippen LogP contribution >= 0.6 is 0 Å². The molecule has 0 aliphatic carbocycles. The molecule has 0 radical (unpaired) electrons. The summed E-state index contributed by atoms with van der Waals surface area (Å²) in [5.74, 6) is 0.252. The number of benzene rings is 1. The molecule has 158 valence electrons. The van der Waals surface area contributed by atoms with Crippen molar-refractivity contribution in [1.82, 2.24) is 24.9 Å². The third-order valence-electron chi connectivity index (χ3n) is 4.43. The number of nitrogens with zero attached hydrogens (tertiary/aromatic N) is 4. The number of sulfone groups is 1. The van der Waals surface area contributed by atoms with Crippen molar-refractivity contribution >= 4 is 26.8 Å². The second-order valence-corrected chi connectivity index (χ2v) is 8.60. The molecule has 0 saturated carbocycles. The van der Waals surface area contributed by atoms with Crippen molar-refractivity contribution < 1.29 is 22.7 Å². The molecule has 3 heterocycles. The Balaban J connectivity index is 1.74. The van der Waals surface area contributed by atoms with Gasteiger partial charge in [-0.25, -0.2) is 28.2 Å². The first-order valence-corrected chi connectivity index (χ1v) is 10.8. The number of aromatic amines is 1. The molecular formula is C20H17N5O5S. The predicted octanol–water partition coefficient (Wildman–Crippen LogP) is 2.79. The number of methoxy groups -OCH3 is 1. The van der Waals surface area contributed by atoms with E-state index < -0.39 is 15.8 Å². The van der Waals surface area contributed by atoms with Crippen LogP contribution < -0.4 is 4.74 Å². The molecular weight excluding hydrogens is 422 g/mol. The number of hydrogen-bond donors (Lipinski definition) is 1. The number of esters is 1. The molecule has 1 N–H and O–H groups in total. The molecule has 4 rings (SSSR count). The quantitative estimate of drug-likeness (QED) is 0.449. The molecule has 31 heavy (non-hydrogen) atoms. The van der Waals surface area contributed by atoms with Crippen LogP contribution in [0.5, 0.6) is 11.5 Å². The summed E-state index contributed by atoms with van der Waals surface area (Å²) in [6.45, 7) is 1.54. The SMILES string of the molecule is CCS(=O)(=O)c1ccc(Oc2cc3nc(-c4cnccn4)[nH]c3cc2C(=O)OC)cn1. The highest BCUT2D eigenvalue weighted by atomic mass is 32.2. The summed E-state index contributed by atoms with van der Waals surface area (Å²) in [6, 6.07) is 5.96. The number of fused-ring (bicyclic) bond motifs is 1. The Morgan fingerprint density at radius 3 is 2.61 bits per heavy atom. The van der Waals surface area contributed by atoms with Crippen LogP contribution in [-0.2, 0) is 14.6 Å². The minimum absolute atomic E-state index is 0.0492. The zero-order valence-electron chi connectivity index (χ0n) is 16.6. The molecule has 0 bridgehead atoms. The molecule has 4 aromatic rings. The molecule has 0 atom stereocenters. The molecule has 10 nitrogen and oxygen atoms in total. The Morgan fingerprint density at radius 2 is 1.97 bits per heavy atom. The topological polar surface area (TPSA) is 137 Å². The van der Waals surface area contributed by atoms with E-state index in [2.05, 4.69) is 24.9 Å². The average molecular weight is 439 g/mol. The van der Waals surface area contributed by atoms with Crippen LogP contribution in [0.1, 0.15) is 17.3 Å². The lowest BCUT2D eigenvalue weighted by Gasteiger charge is -2.10. The number of nitrogens with one attached hydrogen (secondary N) is 1. The highest BCUT2D eigenvalue weighted by molar-refractivity contribution is 7.91. The molecule has 3 aromatic heterocycles. The highest BCUT2D eigenvalue weighted by Crippen LogP contribution is 2.31. The number of H-pyrrole nitrogens is 1. The lowest BCUT2D eigenvalue weighted by Crippen LogP contribution is -2.06. The van der Waals surface area contributed by atoms with E-state index in [1.54, 1.807) is 37.6 Å². The van der Waals surface area contributed by atoms with Gasteiger partial charge in [-0.05, 0) is 18.2 Å². The number of pyridine rings is 1. The van der Waals surface area contributed by atoms with Crippen LogP contribution in [0, 0.1) is 0 Å². The van der Waals surface area contributed by atoms with E-state index in [0.29, 0.717) is 22.6 Å². The summed E-state index contributed by atoms with van der Waals surface area (Å²) >= 11 is 0. The van der Waals surface area contributed by atoms with Gasteiger partial charge in [0.15, 0.2) is 20.7 Å². The van der Waals surface area contributed by atoms with Crippen molar-refractivity contribution in [3.8, 4) is 23.0 Å². The maximum absolute atomic E-state index is 12.3. The Bertz CT molecular complexity index is 1350. The van der Waals surface area contributed by atoms with Gasteiger partial charge in [-0.2, -0.15) is 0 Å². The zero-order valence-corrected chi connectivity index (χ0v) is 17.4. The van der Waals surface area contributed by atoms with E-state index in [9.17, 15) is 13.2 Å². The monoisotopic (exact) mass is 439 g/mol. The van der Waals surface area contributed by atoms with Gasteiger partial charge in [-0.1, -0.05) is 6.92 Å². The Hall–Kier alpha value is -3.86. The van der Waals surface area contributed by atoms with Gasteiger partial charge in [0.05, 0.1) is 36.3 Å². The number of carbonyl (C=O) groups is 1.